The summed E-state index contributed by atoms with van der Waals surface area (Å²) in [4.78, 5) is 0. The van der Waals surface area contributed by atoms with Crippen LogP contribution in [-0.4, -0.2) is 0 Å². The molecule has 0 saturated carbocycles. The van der Waals surface area contributed by atoms with Gasteiger partial charge in [0.05, 0.1) is 0 Å². The average Bonchev–Trinajstić information content (AvgIpc) is 2.63. The van der Waals surface area contributed by atoms with Crippen molar-refractivity contribution in [3.05, 3.63) is 91.4 Å². The second kappa shape index (κ2) is 9.07. The Hall–Kier alpha value is -1.58. The first-order valence-electron chi connectivity index (χ1n) is 8.28. The minimum absolute atomic E-state index is 0.334. The molecule has 3 rings (SSSR count). The largest absolute Gasteiger partial charge is 0.488 e. The Morgan fingerprint density at radius 1 is 0.815 bits per heavy atom. The summed E-state index contributed by atoms with van der Waals surface area (Å²) in [6.45, 7) is 2.86. The zero-order valence-corrected chi connectivity index (χ0v) is 17.6. The molecular formula is C21H17Cl4NO. The Labute approximate surface area is 179 Å². The van der Waals surface area contributed by atoms with E-state index < -0.39 is 0 Å². The van der Waals surface area contributed by atoms with Crippen LogP contribution in [0.3, 0.4) is 0 Å². The highest BCUT2D eigenvalue weighted by molar-refractivity contribution is 6.35. The fraction of sp³-hybridized carbons (Fsp3) is 0.143. The Bertz CT molecular complexity index is 959. The lowest BCUT2D eigenvalue weighted by Crippen LogP contribution is -2.05. The monoisotopic (exact) mass is 439 g/mol. The molecule has 0 aromatic heterocycles. The fourth-order valence-electron chi connectivity index (χ4n) is 2.61. The number of halogens is 4. The lowest BCUT2D eigenvalue weighted by Gasteiger charge is -2.15. The smallest absolute Gasteiger partial charge is 0.124 e. The first kappa shape index (κ1) is 20.2. The minimum atomic E-state index is 0.334. The van der Waals surface area contributed by atoms with Crippen LogP contribution >= 0.6 is 46.4 Å². The molecule has 0 spiro atoms. The molecule has 6 heteroatoms. The van der Waals surface area contributed by atoms with E-state index in [1.807, 2.05) is 43.3 Å². The lowest BCUT2D eigenvalue weighted by atomic mass is 10.1. The van der Waals surface area contributed by atoms with E-state index in [1.165, 1.54) is 0 Å². The van der Waals surface area contributed by atoms with Crippen molar-refractivity contribution >= 4 is 52.1 Å². The van der Waals surface area contributed by atoms with Gasteiger partial charge in [-0.15, -0.1) is 0 Å². The highest BCUT2D eigenvalue weighted by Gasteiger charge is 2.09. The normalized spacial score (nSPS) is 10.7. The van der Waals surface area contributed by atoms with E-state index in [2.05, 4.69) is 5.32 Å². The van der Waals surface area contributed by atoms with Crippen LogP contribution in [0.2, 0.25) is 20.1 Å². The summed E-state index contributed by atoms with van der Waals surface area (Å²) < 4.78 is 5.99. The molecule has 0 aliphatic rings. The molecule has 0 aliphatic carbocycles. The van der Waals surface area contributed by atoms with Gasteiger partial charge in [-0.05, 0) is 55.0 Å². The van der Waals surface area contributed by atoms with E-state index in [4.69, 9.17) is 51.1 Å². The van der Waals surface area contributed by atoms with Crippen molar-refractivity contribution in [1.29, 1.82) is 0 Å². The predicted octanol–water partition coefficient (Wildman–Crippen LogP) is 7.80. The summed E-state index contributed by atoms with van der Waals surface area (Å²) in [7, 11) is 0. The van der Waals surface area contributed by atoms with Gasteiger partial charge in [0.25, 0.3) is 0 Å². The van der Waals surface area contributed by atoms with Gasteiger partial charge in [-0.1, -0.05) is 58.5 Å². The van der Waals surface area contributed by atoms with E-state index in [1.54, 1.807) is 18.2 Å². The topological polar surface area (TPSA) is 21.3 Å². The van der Waals surface area contributed by atoms with Gasteiger partial charge in [0.15, 0.2) is 0 Å². The lowest BCUT2D eigenvalue weighted by molar-refractivity contribution is 0.303. The molecule has 0 saturated heterocycles. The molecule has 3 aromatic carbocycles. The number of hydrogen-bond acceptors (Lipinski definition) is 2. The quantitative estimate of drug-likeness (QED) is 0.422. The maximum Gasteiger partial charge on any atom is 0.124 e. The summed E-state index contributed by atoms with van der Waals surface area (Å²) in [5, 5.41) is 5.92. The molecule has 3 aromatic rings. The molecule has 0 atom stereocenters. The zero-order chi connectivity index (χ0) is 19.4. The van der Waals surface area contributed by atoms with Gasteiger partial charge in [0, 0.05) is 43.4 Å². The Kier molecular flexibility index (Phi) is 6.78. The fourth-order valence-corrected chi connectivity index (χ4v) is 3.44. The molecule has 0 heterocycles. The van der Waals surface area contributed by atoms with Crippen molar-refractivity contribution in [1.82, 2.24) is 0 Å². The van der Waals surface area contributed by atoms with E-state index in [0.29, 0.717) is 28.2 Å². The Balaban J connectivity index is 1.75. The maximum absolute atomic E-state index is 6.22. The van der Waals surface area contributed by atoms with Crippen LogP contribution in [0.15, 0.2) is 54.6 Å². The van der Waals surface area contributed by atoms with Gasteiger partial charge in [0.2, 0.25) is 0 Å². The molecule has 0 unspecified atom stereocenters. The van der Waals surface area contributed by atoms with E-state index in [9.17, 15) is 0 Å². The van der Waals surface area contributed by atoms with E-state index >= 15 is 0 Å². The number of nitrogens with one attached hydrogen (secondary N) is 1. The molecule has 0 amide bonds. The number of benzene rings is 3. The summed E-state index contributed by atoms with van der Waals surface area (Å²) in [6.07, 6.45) is 0. The van der Waals surface area contributed by atoms with Crippen molar-refractivity contribution in [3.63, 3.8) is 0 Å². The van der Waals surface area contributed by atoms with Crippen molar-refractivity contribution in [2.75, 3.05) is 5.32 Å². The highest BCUT2D eigenvalue weighted by atomic mass is 35.5. The second-order valence-corrected chi connectivity index (χ2v) is 7.73. The molecule has 2 nitrogen and oxygen atoms in total. The van der Waals surface area contributed by atoms with Gasteiger partial charge < -0.3 is 10.1 Å². The molecule has 0 radical (unpaired) electrons. The molecule has 0 aliphatic heterocycles. The van der Waals surface area contributed by atoms with Crippen LogP contribution in [-0.2, 0) is 13.2 Å². The van der Waals surface area contributed by atoms with Gasteiger partial charge in [0.1, 0.15) is 12.4 Å². The molecular weight excluding hydrogens is 424 g/mol. The van der Waals surface area contributed by atoms with Crippen LogP contribution in [0.5, 0.6) is 5.75 Å². The zero-order valence-electron chi connectivity index (χ0n) is 14.5. The Morgan fingerprint density at radius 3 is 2.33 bits per heavy atom. The number of hydrogen-bond donors (Lipinski definition) is 1. The van der Waals surface area contributed by atoms with Crippen LogP contribution < -0.4 is 10.1 Å². The highest BCUT2D eigenvalue weighted by Crippen LogP contribution is 2.28. The number of anilines is 1. The van der Waals surface area contributed by atoms with Crippen molar-refractivity contribution in [2.45, 2.75) is 20.1 Å². The molecule has 140 valence electrons. The minimum Gasteiger partial charge on any atom is -0.488 e. The van der Waals surface area contributed by atoms with Crippen molar-refractivity contribution < 1.29 is 4.74 Å². The summed E-state index contributed by atoms with van der Waals surface area (Å²) in [5.41, 5.74) is 3.76. The second-order valence-electron chi connectivity index (χ2n) is 6.04. The van der Waals surface area contributed by atoms with Crippen molar-refractivity contribution in [2.24, 2.45) is 0 Å². The Morgan fingerprint density at radius 2 is 1.56 bits per heavy atom. The predicted molar refractivity (Wildman–Crippen MR) is 116 cm³/mol. The van der Waals surface area contributed by atoms with Gasteiger partial charge in [-0.3, -0.25) is 0 Å². The van der Waals surface area contributed by atoms with Crippen LogP contribution in [0.25, 0.3) is 0 Å². The van der Waals surface area contributed by atoms with Crippen LogP contribution in [0.4, 0.5) is 5.69 Å². The molecule has 1 N–H and O–H groups in total. The average molecular weight is 441 g/mol. The molecule has 0 bridgehead atoms. The third-order valence-corrected chi connectivity index (χ3v) is 5.39. The van der Waals surface area contributed by atoms with Crippen LogP contribution in [0, 0.1) is 6.92 Å². The SMILES string of the molecule is Cc1c(Cl)cccc1NCc1cc(Cl)ccc1OCc1ccc(Cl)cc1Cl. The summed E-state index contributed by atoms with van der Waals surface area (Å²) >= 11 is 24.5. The van der Waals surface area contributed by atoms with Crippen molar-refractivity contribution in [3.8, 4) is 5.75 Å². The summed E-state index contributed by atoms with van der Waals surface area (Å²) in [6, 6.07) is 16.7. The van der Waals surface area contributed by atoms with Gasteiger partial charge in [-0.2, -0.15) is 0 Å². The summed E-state index contributed by atoms with van der Waals surface area (Å²) in [5.74, 6) is 0.734. The standard InChI is InChI=1S/C21H17Cl4NO/c1-13-18(24)3-2-4-20(13)26-11-15-9-16(22)7-8-21(15)27-12-14-5-6-17(23)10-19(14)25/h2-10,26H,11-12H2,1H3. The van der Waals surface area contributed by atoms with Gasteiger partial charge in [-0.25, -0.2) is 0 Å². The number of rotatable bonds is 6. The first-order chi connectivity index (χ1) is 12.9. The van der Waals surface area contributed by atoms with Gasteiger partial charge >= 0.3 is 0 Å². The molecule has 0 fully saturated rings. The third kappa shape index (κ3) is 5.24. The third-order valence-electron chi connectivity index (χ3n) is 4.16. The van der Waals surface area contributed by atoms with E-state index in [-0.39, 0.29) is 0 Å². The molecule has 27 heavy (non-hydrogen) atoms. The first-order valence-corrected chi connectivity index (χ1v) is 9.79. The maximum atomic E-state index is 6.22. The number of ether oxygens (including phenoxy) is 1. The van der Waals surface area contributed by atoms with Crippen LogP contribution in [0.1, 0.15) is 16.7 Å². The van der Waals surface area contributed by atoms with E-state index in [0.717, 1.165) is 33.1 Å².